The standard InChI is InChI=1S/C24H30F5N5S/c1-15-6-5-11-34(14-15)22-19(24(27,28)29)13-30-23(32-22)31-20-10-9-17(12-18(20)21(25)26)35-33-16-7-3-2-4-8-16/h9-10,12-13,15-16,21,33H,2-8,11,14H2,1H3,(H,30,31,32). The number of hydrogen-bond acceptors (Lipinski definition) is 6. The van der Waals surface area contributed by atoms with Gasteiger partial charge in [-0.2, -0.15) is 18.2 Å². The van der Waals surface area contributed by atoms with E-state index >= 15 is 0 Å². The topological polar surface area (TPSA) is 53.1 Å². The van der Waals surface area contributed by atoms with Gasteiger partial charge in [-0.25, -0.2) is 13.8 Å². The average molecular weight is 516 g/mol. The molecule has 1 aliphatic heterocycles. The maximum Gasteiger partial charge on any atom is 0.421 e. The van der Waals surface area contributed by atoms with Crippen molar-refractivity contribution < 1.29 is 22.0 Å². The highest BCUT2D eigenvalue weighted by Gasteiger charge is 2.37. The summed E-state index contributed by atoms with van der Waals surface area (Å²) in [4.78, 5) is 10.2. The molecule has 2 fully saturated rings. The lowest BCUT2D eigenvalue weighted by Gasteiger charge is -2.33. The molecule has 1 saturated heterocycles. The van der Waals surface area contributed by atoms with Crippen LogP contribution in [0.5, 0.6) is 0 Å². The second-order valence-corrected chi connectivity index (χ2v) is 10.3. The molecule has 11 heteroatoms. The number of aromatic nitrogens is 2. The Morgan fingerprint density at radius 2 is 1.86 bits per heavy atom. The predicted molar refractivity (Wildman–Crippen MR) is 128 cm³/mol. The van der Waals surface area contributed by atoms with E-state index in [0.29, 0.717) is 24.0 Å². The van der Waals surface area contributed by atoms with Gasteiger partial charge in [-0.15, -0.1) is 0 Å². The monoisotopic (exact) mass is 515 g/mol. The van der Waals surface area contributed by atoms with E-state index in [2.05, 4.69) is 20.0 Å². The van der Waals surface area contributed by atoms with Crippen LogP contribution in [-0.4, -0.2) is 29.1 Å². The zero-order chi connectivity index (χ0) is 25.0. The zero-order valence-electron chi connectivity index (χ0n) is 19.5. The van der Waals surface area contributed by atoms with Crippen molar-refractivity contribution in [2.45, 2.75) is 75.4 Å². The summed E-state index contributed by atoms with van der Waals surface area (Å²) in [5.41, 5.74) is -1.11. The second-order valence-electron chi connectivity index (χ2n) is 9.35. The zero-order valence-corrected chi connectivity index (χ0v) is 20.4. The first-order valence-electron chi connectivity index (χ1n) is 12.0. The van der Waals surface area contributed by atoms with Crippen LogP contribution in [0.1, 0.15) is 69.4 Å². The van der Waals surface area contributed by atoms with Gasteiger partial charge in [0.05, 0.1) is 0 Å². The van der Waals surface area contributed by atoms with Gasteiger partial charge in [-0.3, -0.25) is 4.72 Å². The highest BCUT2D eigenvalue weighted by atomic mass is 32.2. The molecule has 1 aliphatic carbocycles. The summed E-state index contributed by atoms with van der Waals surface area (Å²) in [6, 6.07) is 4.95. The number of anilines is 3. The summed E-state index contributed by atoms with van der Waals surface area (Å²) < 4.78 is 72.0. The Morgan fingerprint density at radius 1 is 1.09 bits per heavy atom. The number of alkyl halides is 5. The van der Waals surface area contributed by atoms with Crippen LogP contribution < -0.4 is 14.9 Å². The Balaban J connectivity index is 1.55. The highest BCUT2D eigenvalue weighted by molar-refractivity contribution is 7.97. The summed E-state index contributed by atoms with van der Waals surface area (Å²) in [5.74, 6) is -0.133. The van der Waals surface area contributed by atoms with Gasteiger partial charge in [0.1, 0.15) is 11.4 Å². The van der Waals surface area contributed by atoms with E-state index in [1.807, 2.05) is 6.92 Å². The van der Waals surface area contributed by atoms with Crippen LogP contribution in [0.2, 0.25) is 0 Å². The Hall–Kier alpha value is -2.14. The predicted octanol–water partition coefficient (Wildman–Crippen LogP) is 7.34. The molecule has 5 nitrogen and oxygen atoms in total. The largest absolute Gasteiger partial charge is 0.421 e. The molecule has 0 amide bonds. The molecule has 1 atom stereocenters. The summed E-state index contributed by atoms with van der Waals surface area (Å²) >= 11 is 1.33. The smallest absolute Gasteiger partial charge is 0.356 e. The van der Waals surface area contributed by atoms with E-state index in [0.717, 1.165) is 44.7 Å². The van der Waals surface area contributed by atoms with Crippen molar-refractivity contribution in [1.29, 1.82) is 0 Å². The number of nitrogens with one attached hydrogen (secondary N) is 2. The normalized spacial score (nSPS) is 19.9. The Bertz CT molecular complexity index is 997. The Labute approximate surface area is 206 Å². The highest BCUT2D eigenvalue weighted by Crippen LogP contribution is 2.38. The van der Waals surface area contributed by atoms with Gasteiger partial charge in [0.15, 0.2) is 0 Å². The molecule has 4 rings (SSSR count). The minimum absolute atomic E-state index is 0.0692. The third kappa shape index (κ3) is 6.75. The van der Waals surface area contributed by atoms with Crippen molar-refractivity contribution in [3.05, 3.63) is 35.5 Å². The van der Waals surface area contributed by atoms with Crippen LogP contribution in [0.3, 0.4) is 0 Å². The number of piperidine rings is 1. The molecule has 0 bridgehead atoms. The second kappa shape index (κ2) is 11.3. The third-order valence-corrected chi connectivity index (χ3v) is 7.42. The Morgan fingerprint density at radius 3 is 2.54 bits per heavy atom. The maximum atomic E-state index is 13.9. The van der Waals surface area contributed by atoms with E-state index in [1.165, 1.54) is 30.5 Å². The van der Waals surface area contributed by atoms with E-state index in [9.17, 15) is 22.0 Å². The van der Waals surface area contributed by atoms with Gasteiger partial charge < -0.3 is 10.2 Å². The van der Waals surface area contributed by atoms with E-state index < -0.39 is 18.2 Å². The average Bonchev–Trinajstić information content (AvgIpc) is 2.83. The molecule has 0 spiro atoms. The van der Waals surface area contributed by atoms with Crippen molar-refractivity contribution in [2.75, 3.05) is 23.3 Å². The summed E-state index contributed by atoms with van der Waals surface area (Å²) in [6.45, 7) is 2.88. The van der Waals surface area contributed by atoms with Crippen molar-refractivity contribution >= 4 is 29.4 Å². The molecule has 2 aliphatic rings. The van der Waals surface area contributed by atoms with Crippen LogP contribution in [0, 0.1) is 5.92 Å². The summed E-state index contributed by atoms with van der Waals surface area (Å²) in [7, 11) is 0. The first-order valence-corrected chi connectivity index (χ1v) is 12.8. The van der Waals surface area contributed by atoms with Gasteiger partial charge in [-0.05, 0) is 61.7 Å². The van der Waals surface area contributed by atoms with Crippen LogP contribution in [0.4, 0.5) is 39.4 Å². The van der Waals surface area contributed by atoms with Crippen LogP contribution >= 0.6 is 11.9 Å². The molecule has 1 unspecified atom stereocenters. The number of halogens is 5. The van der Waals surface area contributed by atoms with Gasteiger partial charge in [0.2, 0.25) is 5.95 Å². The molecule has 0 radical (unpaired) electrons. The molecule has 192 valence electrons. The fraction of sp³-hybridized carbons (Fsp3) is 0.583. The van der Waals surface area contributed by atoms with Crippen LogP contribution in [0.15, 0.2) is 29.3 Å². The molecule has 2 aromatic rings. The van der Waals surface area contributed by atoms with E-state index in [4.69, 9.17) is 0 Å². The van der Waals surface area contributed by atoms with Crippen LogP contribution in [0.25, 0.3) is 0 Å². The number of rotatable bonds is 7. The SMILES string of the molecule is CC1CCCN(c2nc(Nc3ccc(SNC4CCCCC4)cc3C(F)F)ncc2C(F)(F)F)C1. The van der Waals surface area contributed by atoms with Gasteiger partial charge in [-0.1, -0.05) is 26.2 Å². The van der Waals surface area contributed by atoms with Gasteiger partial charge >= 0.3 is 6.18 Å². The van der Waals surface area contributed by atoms with Crippen molar-refractivity contribution in [1.82, 2.24) is 14.7 Å². The summed E-state index contributed by atoms with van der Waals surface area (Å²) in [6.07, 6.45) is 0.713. The molecular formula is C24H30F5N5S. The first-order chi connectivity index (χ1) is 16.7. The molecule has 2 N–H and O–H groups in total. The molecule has 1 aromatic carbocycles. The summed E-state index contributed by atoms with van der Waals surface area (Å²) in [5, 5.41) is 2.73. The maximum absolute atomic E-state index is 13.9. The lowest BCUT2D eigenvalue weighted by atomic mass is 9.96. The fourth-order valence-electron chi connectivity index (χ4n) is 4.65. The minimum atomic E-state index is -4.62. The third-order valence-electron chi connectivity index (χ3n) is 6.48. The van der Waals surface area contributed by atoms with E-state index in [-0.39, 0.29) is 28.9 Å². The Kier molecular flexibility index (Phi) is 8.36. The van der Waals surface area contributed by atoms with Crippen molar-refractivity contribution in [2.24, 2.45) is 5.92 Å². The number of nitrogens with zero attached hydrogens (tertiary/aromatic N) is 3. The molecule has 1 saturated carbocycles. The number of benzene rings is 1. The minimum Gasteiger partial charge on any atom is -0.356 e. The molecule has 35 heavy (non-hydrogen) atoms. The lowest BCUT2D eigenvalue weighted by molar-refractivity contribution is -0.137. The lowest BCUT2D eigenvalue weighted by Crippen LogP contribution is -2.36. The van der Waals surface area contributed by atoms with Crippen LogP contribution in [-0.2, 0) is 6.18 Å². The van der Waals surface area contributed by atoms with E-state index in [1.54, 1.807) is 11.0 Å². The fourth-order valence-corrected chi connectivity index (χ4v) is 5.51. The van der Waals surface area contributed by atoms with Gasteiger partial charge in [0.25, 0.3) is 6.43 Å². The number of hydrogen-bond donors (Lipinski definition) is 2. The quantitative estimate of drug-likeness (QED) is 0.297. The van der Waals surface area contributed by atoms with Crippen molar-refractivity contribution in [3.63, 3.8) is 0 Å². The first kappa shape index (κ1) is 25.9. The van der Waals surface area contributed by atoms with Gasteiger partial charge in [0, 0.05) is 41.5 Å². The molecule has 2 heterocycles. The molecular weight excluding hydrogens is 485 g/mol. The molecule has 1 aromatic heterocycles. The van der Waals surface area contributed by atoms with Crippen molar-refractivity contribution in [3.8, 4) is 0 Å².